The van der Waals surface area contributed by atoms with Crippen LogP contribution in [0.2, 0.25) is 0 Å². The molecule has 1 aliphatic heterocycles. The van der Waals surface area contributed by atoms with Crippen molar-refractivity contribution in [2.45, 2.75) is 6.42 Å². The van der Waals surface area contributed by atoms with Crippen molar-refractivity contribution in [2.24, 2.45) is 13.0 Å². The second-order valence-electron chi connectivity index (χ2n) is 5.51. The van der Waals surface area contributed by atoms with Crippen LogP contribution in [-0.4, -0.2) is 37.2 Å². The first-order valence-electron chi connectivity index (χ1n) is 7.21. The number of hydrogen-bond acceptors (Lipinski definition) is 5. The number of H-pyrrole nitrogens is 1. The summed E-state index contributed by atoms with van der Waals surface area (Å²) in [6.07, 6.45) is 5.60. The Balaban J connectivity index is 1.81. The molecule has 1 unspecified atom stereocenters. The van der Waals surface area contributed by atoms with E-state index in [-0.39, 0.29) is 5.91 Å². The normalized spacial score (nSPS) is 17.8. The second kappa shape index (κ2) is 4.91. The summed E-state index contributed by atoms with van der Waals surface area (Å²) in [5.74, 6) is -0.238. The van der Waals surface area contributed by atoms with Gasteiger partial charge in [-0.2, -0.15) is 10.4 Å². The van der Waals surface area contributed by atoms with E-state index in [0.717, 1.165) is 16.6 Å². The third kappa shape index (κ3) is 2.05. The van der Waals surface area contributed by atoms with Gasteiger partial charge in [-0.15, -0.1) is 0 Å². The summed E-state index contributed by atoms with van der Waals surface area (Å²) in [5.41, 5.74) is 2.44. The minimum Gasteiger partial charge on any atom is -0.339 e. The molecule has 1 aliphatic rings. The summed E-state index contributed by atoms with van der Waals surface area (Å²) in [7, 11) is 1.85. The van der Waals surface area contributed by atoms with Crippen LogP contribution in [0.4, 0.5) is 5.82 Å². The third-order valence-corrected chi connectivity index (χ3v) is 4.04. The fraction of sp³-hybridized carbons (Fsp3) is 0.267. The molecule has 1 fully saturated rings. The largest absolute Gasteiger partial charge is 0.339 e. The Morgan fingerprint density at radius 2 is 2.30 bits per heavy atom. The minimum atomic E-state index is -0.586. The van der Waals surface area contributed by atoms with Crippen LogP contribution >= 0.6 is 0 Å². The van der Waals surface area contributed by atoms with Gasteiger partial charge in [0.2, 0.25) is 5.91 Å². The molecule has 1 amide bonds. The number of rotatable bonds is 2. The van der Waals surface area contributed by atoms with Crippen LogP contribution in [0.15, 0.2) is 24.8 Å². The van der Waals surface area contributed by atoms with Gasteiger partial charge in [-0.1, -0.05) is 0 Å². The molecule has 8 heteroatoms. The molecule has 1 saturated heterocycles. The Morgan fingerprint density at radius 1 is 1.43 bits per heavy atom. The topological polar surface area (TPSA) is 103 Å². The van der Waals surface area contributed by atoms with E-state index in [9.17, 15) is 4.79 Å². The zero-order valence-electron chi connectivity index (χ0n) is 12.4. The number of aromatic amines is 1. The first-order valence-corrected chi connectivity index (χ1v) is 7.21. The SMILES string of the molecule is Cn1cc(-c2cc3c(N4CCC(C#N)C4=O)ncnc3[nH]2)cn1. The van der Waals surface area contributed by atoms with Gasteiger partial charge in [-0.3, -0.25) is 14.4 Å². The van der Waals surface area contributed by atoms with Crippen LogP contribution in [-0.2, 0) is 11.8 Å². The molecule has 0 aliphatic carbocycles. The minimum absolute atomic E-state index is 0.198. The Labute approximate surface area is 131 Å². The van der Waals surface area contributed by atoms with E-state index >= 15 is 0 Å². The van der Waals surface area contributed by atoms with E-state index in [0.29, 0.717) is 24.4 Å². The van der Waals surface area contributed by atoms with Gasteiger partial charge in [0.1, 0.15) is 23.7 Å². The molecule has 0 radical (unpaired) electrons. The molecule has 114 valence electrons. The summed E-state index contributed by atoms with van der Waals surface area (Å²) >= 11 is 0. The maximum atomic E-state index is 12.3. The molecule has 23 heavy (non-hydrogen) atoms. The quantitative estimate of drug-likeness (QED) is 0.767. The van der Waals surface area contributed by atoms with Gasteiger partial charge < -0.3 is 4.98 Å². The summed E-state index contributed by atoms with van der Waals surface area (Å²) < 4.78 is 1.72. The van der Waals surface area contributed by atoms with Crippen LogP contribution in [0.5, 0.6) is 0 Å². The van der Waals surface area contributed by atoms with Crippen LogP contribution in [0.3, 0.4) is 0 Å². The number of carbonyl (C=O) groups is 1. The predicted octanol–water partition coefficient (Wildman–Crippen LogP) is 1.23. The highest BCUT2D eigenvalue weighted by Gasteiger charge is 2.34. The number of carbonyl (C=O) groups excluding carboxylic acids is 1. The molecule has 0 saturated carbocycles. The number of aryl methyl sites for hydroxylation is 1. The van der Waals surface area contributed by atoms with Gasteiger partial charge in [0, 0.05) is 25.4 Å². The third-order valence-electron chi connectivity index (χ3n) is 4.04. The van der Waals surface area contributed by atoms with Gasteiger partial charge in [0.15, 0.2) is 0 Å². The van der Waals surface area contributed by atoms with Gasteiger partial charge in [0.05, 0.1) is 23.3 Å². The number of amides is 1. The lowest BCUT2D eigenvalue weighted by molar-refractivity contribution is -0.119. The molecule has 3 aromatic rings. The molecule has 3 aromatic heterocycles. The van der Waals surface area contributed by atoms with E-state index in [1.165, 1.54) is 6.33 Å². The van der Waals surface area contributed by atoms with Crippen molar-refractivity contribution in [1.29, 1.82) is 5.26 Å². The van der Waals surface area contributed by atoms with Crippen LogP contribution in [0, 0.1) is 17.2 Å². The van der Waals surface area contributed by atoms with Gasteiger partial charge in [-0.25, -0.2) is 9.97 Å². The predicted molar refractivity (Wildman–Crippen MR) is 82.2 cm³/mol. The standard InChI is InChI=1S/C15H13N7O/c1-21-7-10(6-19-21)12-4-11-13(20-12)17-8-18-14(11)22-3-2-9(5-16)15(22)23/h4,6-9H,2-3H2,1H3,(H,17,18,20). The summed E-state index contributed by atoms with van der Waals surface area (Å²) in [6, 6.07) is 3.95. The highest BCUT2D eigenvalue weighted by atomic mass is 16.2. The Kier molecular flexibility index (Phi) is 2.87. The number of nitrogens with one attached hydrogen (secondary N) is 1. The second-order valence-corrected chi connectivity index (χ2v) is 5.51. The van der Waals surface area contributed by atoms with Gasteiger partial charge >= 0.3 is 0 Å². The average molecular weight is 307 g/mol. The van der Waals surface area contributed by atoms with E-state index in [2.05, 4.69) is 20.1 Å². The van der Waals surface area contributed by atoms with Gasteiger partial charge in [-0.05, 0) is 12.5 Å². The van der Waals surface area contributed by atoms with Crippen molar-refractivity contribution in [1.82, 2.24) is 24.7 Å². The molecule has 0 spiro atoms. The van der Waals surface area contributed by atoms with Crippen LogP contribution in [0.25, 0.3) is 22.3 Å². The van der Waals surface area contributed by atoms with E-state index in [1.54, 1.807) is 15.8 Å². The van der Waals surface area contributed by atoms with E-state index in [4.69, 9.17) is 5.26 Å². The molecule has 0 aromatic carbocycles. The highest BCUT2D eigenvalue weighted by Crippen LogP contribution is 2.31. The van der Waals surface area contributed by atoms with Crippen LogP contribution < -0.4 is 4.90 Å². The lowest BCUT2D eigenvalue weighted by atomic mass is 10.1. The first-order chi connectivity index (χ1) is 11.2. The highest BCUT2D eigenvalue weighted by molar-refractivity contribution is 6.04. The van der Waals surface area contributed by atoms with Crippen molar-refractivity contribution in [3.05, 3.63) is 24.8 Å². The zero-order valence-corrected chi connectivity index (χ0v) is 12.4. The number of aromatic nitrogens is 5. The molecule has 4 rings (SSSR count). The number of nitrogens with zero attached hydrogens (tertiary/aromatic N) is 6. The fourth-order valence-corrected chi connectivity index (χ4v) is 2.87. The number of nitriles is 1. The number of anilines is 1. The number of hydrogen-bond donors (Lipinski definition) is 1. The zero-order chi connectivity index (χ0) is 16.0. The molecule has 4 heterocycles. The lowest BCUT2D eigenvalue weighted by Gasteiger charge is -2.14. The Hall–Kier alpha value is -3.21. The molecule has 1 N–H and O–H groups in total. The van der Waals surface area contributed by atoms with E-state index in [1.807, 2.05) is 25.4 Å². The number of fused-ring (bicyclic) bond motifs is 1. The Bertz CT molecular complexity index is 948. The summed E-state index contributed by atoms with van der Waals surface area (Å²) in [5, 5.41) is 13.9. The molecule has 0 bridgehead atoms. The maximum Gasteiger partial charge on any atom is 0.245 e. The van der Waals surface area contributed by atoms with Crippen LogP contribution in [0.1, 0.15) is 6.42 Å². The van der Waals surface area contributed by atoms with Crippen molar-refractivity contribution < 1.29 is 4.79 Å². The van der Waals surface area contributed by atoms with Crippen molar-refractivity contribution in [3.63, 3.8) is 0 Å². The van der Waals surface area contributed by atoms with E-state index < -0.39 is 5.92 Å². The maximum absolute atomic E-state index is 12.3. The Morgan fingerprint density at radius 3 is 3.00 bits per heavy atom. The molecule has 8 nitrogen and oxygen atoms in total. The van der Waals surface area contributed by atoms with Gasteiger partial charge in [0.25, 0.3) is 0 Å². The molecule has 1 atom stereocenters. The first kappa shape index (κ1) is 13.5. The van der Waals surface area contributed by atoms with Crippen molar-refractivity contribution >= 4 is 22.8 Å². The summed E-state index contributed by atoms with van der Waals surface area (Å²) in [4.78, 5) is 25.6. The monoisotopic (exact) mass is 307 g/mol. The van der Waals surface area contributed by atoms with Crippen molar-refractivity contribution in [2.75, 3.05) is 11.4 Å². The molecular formula is C15H13N7O. The summed E-state index contributed by atoms with van der Waals surface area (Å²) in [6.45, 7) is 0.497. The average Bonchev–Trinajstić information content (AvgIpc) is 3.24. The lowest BCUT2D eigenvalue weighted by Crippen LogP contribution is -2.27. The van der Waals surface area contributed by atoms with Crippen molar-refractivity contribution in [3.8, 4) is 17.3 Å². The smallest absolute Gasteiger partial charge is 0.245 e. The molecular weight excluding hydrogens is 294 g/mol. The fourth-order valence-electron chi connectivity index (χ4n) is 2.87.